The molecule has 2 aromatic heterocycles. The number of rotatable bonds is 3. The number of pyridine rings is 2. The van der Waals surface area contributed by atoms with Crippen LogP contribution < -0.4 is 4.74 Å². The van der Waals surface area contributed by atoms with E-state index in [0.29, 0.717) is 17.5 Å². The summed E-state index contributed by atoms with van der Waals surface area (Å²) >= 11 is 5.87. The predicted molar refractivity (Wildman–Crippen MR) is 62.6 cm³/mol. The van der Waals surface area contributed by atoms with Crippen molar-refractivity contribution in [2.24, 2.45) is 0 Å². The molecular weight excluding hydrogens is 224 g/mol. The number of aromatic nitrogens is 2. The summed E-state index contributed by atoms with van der Waals surface area (Å²) in [7, 11) is 0. The molecule has 2 heterocycles. The topological polar surface area (TPSA) is 35.0 Å². The molecule has 0 fully saturated rings. The molecule has 0 atom stereocenters. The van der Waals surface area contributed by atoms with Gasteiger partial charge in [-0.05, 0) is 31.2 Å². The number of hydrogen-bond donors (Lipinski definition) is 0. The molecule has 0 amide bonds. The summed E-state index contributed by atoms with van der Waals surface area (Å²) in [5, 5.41) is 0.371. The van der Waals surface area contributed by atoms with Crippen LogP contribution in [0.5, 0.6) is 5.75 Å². The summed E-state index contributed by atoms with van der Waals surface area (Å²) < 4.78 is 5.52. The van der Waals surface area contributed by atoms with Gasteiger partial charge in [0.1, 0.15) is 6.61 Å². The molecule has 0 radical (unpaired) electrons. The Kier molecular flexibility index (Phi) is 3.37. The van der Waals surface area contributed by atoms with Gasteiger partial charge in [0.15, 0.2) is 10.9 Å². The highest BCUT2D eigenvalue weighted by molar-refractivity contribution is 6.30. The summed E-state index contributed by atoms with van der Waals surface area (Å²) in [6.45, 7) is 2.34. The quantitative estimate of drug-likeness (QED) is 0.766. The maximum atomic E-state index is 5.87. The highest BCUT2D eigenvalue weighted by Gasteiger charge is 2.02. The largest absolute Gasteiger partial charge is 0.484 e. The Labute approximate surface area is 99.1 Å². The lowest BCUT2D eigenvalue weighted by atomic mass is 10.3. The third-order valence-corrected chi connectivity index (χ3v) is 2.33. The van der Waals surface area contributed by atoms with Crippen molar-refractivity contribution in [1.29, 1.82) is 0 Å². The molecule has 3 nitrogen and oxygen atoms in total. The van der Waals surface area contributed by atoms with E-state index in [1.807, 2.05) is 25.1 Å². The lowest BCUT2D eigenvalue weighted by Crippen LogP contribution is -1.99. The van der Waals surface area contributed by atoms with Gasteiger partial charge in [0, 0.05) is 11.9 Å². The summed E-state index contributed by atoms with van der Waals surface area (Å²) in [5.41, 5.74) is 1.85. The summed E-state index contributed by atoms with van der Waals surface area (Å²) in [6.07, 6.45) is 1.63. The van der Waals surface area contributed by atoms with Crippen LogP contribution >= 0.6 is 11.6 Å². The molecule has 0 saturated carbocycles. The molecule has 4 heteroatoms. The Morgan fingerprint density at radius 1 is 1.25 bits per heavy atom. The minimum Gasteiger partial charge on any atom is -0.484 e. The Morgan fingerprint density at radius 2 is 2.12 bits per heavy atom. The normalized spacial score (nSPS) is 10.1. The van der Waals surface area contributed by atoms with Crippen LogP contribution in [0.1, 0.15) is 11.4 Å². The van der Waals surface area contributed by atoms with Crippen molar-refractivity contribution < 1.29 is 4.74 Å². The minimum absolute atomic E-state index is 0.371. The van der Waals surface area contributed by atoms with Crippen LogP contribution in [-0.2, 0) is 6.61 Å². The van der Waals surface area contributed by atoms with Gasteiger partial charge in [0.25, 0.3) is 0 Å². The molecule has 0 aliphatic rings. The smallest absolute Gasteiger partial charge is 0.171 e. The van der Waals surface area contributed by atoms with Crippen LogP contribution in [0.2, 0.25) is 5.15 Å². The van der Waals surface area contributed by atoms with Crippen LogP contribution in [0, 0.1) is 6.92 Å². The van der Waals surface area contributed by atoms with E-state index in [0.717, 1.165) is 11.4 Å². The van der Waals surface area contributed by atoms with Crippen molar-refractivity contribution in [3.63, 3.8) is 0 Å². The molecule has 2 rings (SSSR count). The third kappa shape index (κ3) is 2.70. The molecule has 0 unspecified atom stereocenters. The van der Waals surface area contributed by atoms with Crippen molar-refractivity contribution in [1.82, 2.24) is 9.97 Å². The molecule has 0 bridgehead atoms. The monoisotopic (exact) mass is 234 g/mol. The maximum Gasteiger partial charge on any atom is 0.171 e. The van der Waals surface area contributed by atoms with Crippen LogP contribution in [0.3, 0.4) is 0 Å². The van der Waals surface area contributed by atoms with E-state index in [1.165, 1.54) is 0 Å². The van der Waals surface area contributed by atoms with Crippen molar-refractivity contribution >= 4 is 11.6 Å². The van der Waals surface area contributed by atoms with Crippen molar-refractivity contribution in [3.05, 3.63) is 53.1 Å². The second-order valence-corrected chi connectivity index (χ2v) is 3.71. The van der Waals surface area contributed by atoms with Gasteiger partial charge in [-0.3, -0.25) is 4.98 Å². The minimum atomic E-state index is 0.371. The fourth-order valence-corrected chi connectivity index (χ4v) is 1.48. The van der Waals surface area contributed by atoms with E-state index in [1.54, 1.807) is 18.3 Å². The Morgan fingerprint density at radius 3 is 2.88 bits per heavy atom. The lowest BCUT2D eigenvalue weighted by Gasteiger charge is -2.06. The lowest BCUT2D eigenvalue weighted by molar-refractivity contribution is 0.300. The number of ether oxygens (including phenoxy) is 1. The molecule has 2 aromatic rings. The van der Waals surface area contributed by atoms with Crippen molar-refractivity contribution in [3.8, 4) is 5.75 Å². The van der Waals surface area contributed by atoms with Gasteiger partial charge in [0.2, 0.25) is 0 Å². The molecule has 0 spiro atoms. The van der Waals surface area contributed by atoms with Gasteiger partial charge in [0.05, 0.1) is 5.69 Å². The van der Waals surface area contributed by atoms with E-state index in [9.17, 15) is 0 Å². The van der Waals surface area contributed by atoms with E-state index < -0.39 is 0 Å². The van der Waals surface area contributed by atoms with Crippen molar-refractivity contribution in [2.45, 2.75) is 13.5 Å². The first kappa shape index (κ1) is 10.9. The molecular formula is C12H11ClN2O. The zero-order valence-electron chi connectivity index (χ0n) is 8.85. The standard InChI is InChI=1S/C12H11ClN2O/c1-9-4-2-5-10(15-9)8-16-11-6-3-7-14-12(11)13/h2-7H,8H2,1H3. The number of halogens is 1. The van der Waals surface area contributed by atoms with Crippen LogP contribution in [0.4, 0.5) is 0 Å². The molecule has 0 aliphatic carbocycles. The van der Waals surface area contributed by atoms with Gasteiger partial charge >= 0.3 is 0 Å². The highest BCUT2D eigenvalue weighted by atomic mass is 35.5. The molecule has 0 N–H and O–H groups in total. The summed E-state index contributed by atoms with van der Waals surface area (Å²) in [4.78, 5) is 8.26. The molecule has 0 saturated heterocycles. The number of nitrogens with zero attached hydrogens (tertiary/aromatic N) is 2. The molecule has 82 valence electrons. The first-order chi connectivity index (χ1) is 7.75. The SMILES string of the molecule is Cc1cccc(COc2cccnc2Cl)n1. The first-order valence-corrected chi connectivity index (χ1v) is 5.29. The second-order valence-electron chi connectivity index (χ2n) is 3.35. The van der Waals surface area contributed by atoms with Gasteiger partial charge in [-0.15, -0.1) is 0 Å². The Hall–Kier alpha value is -1.61. The maximum absolute atomic E-state index is 5.87. The summed E-state index contributed by atoms with van der Waals surface area (Å²) in [5.74, 6) is 0.576. The number of hydrogen-bond acceptors (Lipinski definition) is 3. The fraction of sp³-hybridized carbons (Fsp3) is 0.167. The van der Waals surface area contributed by atoms with Gasteiger partial charge in [-0.25, -0.2) is 4.98 Å². The third-order valence-electron chi connectivity index (χ3n) is 2.05. The van der Waals surface area contributed by atoms with E-state index in [2.05, 4.69) is 9.97 Å². The zero-order valence-corrected chi connectivity index (χ0v) is 9.61. The zero-order chi connectivity index (χ0) is 11.4. The van der Waals surface area contributed by atoms with Crippen LogP contribution in [-0.4, -0.2) is 9.97 Å². The predicted octanol–water partition coefficient (Wildman–Crippen LogP) is 3.02. The van der Waals surface area contributed by atoms with E-state index >= 15 is 0 Å². The molecule has 0 aromatic carbocycles. The van der Waals surface area contributed by atoms with Gasteiger partial charge < -0.3 is 4.74 Å². The molecule has 16 heavy (non-hydrogen) atoms. The fourth-order valence-electron chi connectivity index (χ4n) is 1.31. The average Bonchev–Trinajstić information content (AvgIpc) is 2.28. The first-order valence-electron chi connectivity index (χ1n) is 4.91. The highest BCUT2D eigenvalue weighted by Crippen LogP contribution is 2.21. The van der Waals surface area contributed by atoms with Crippen LogP contribution in [0.15, 0.2) is 36.5 Å². The summed E-state index contributed by atoms with van der Waals surface area (Å²) in [6, 6.07) is 9.37. The second kappa shape index (κ2) is 4.94. The van der Waals surface area contributed by atoms with Crippen LogP contribution in [0.25, 0.3) is 0 Å². The Bertz CT molecular complexity index is 488. The van der Waals surface area contributed by atoms with E-state index in [-0.39, 0.29) is 0 Å². The Balaban J connectivity index is 2.05. The number of aryl methyl sites for hydroxylation is 1. The average molecular weight is 235 g/mol. The van der Waals surface area contributed by atoms with Gasteiger partial charge in [-0.2, -0.15) is 0 Å². The van der Waals surface area contributed by atoms with Gasteiger partial charge in [-0.1, -0.05) is 17.7 Å². The van der Waals surface area contributed by atoms with Crippen molar-refractivity contribution in [2.75, 3.05) is 0 Å². The molecule has 0 aliphatic heterocycles. The van der Waals surface area contributed by atoms with E-state index in [4.69, 9.17) is 16.3 Å².